The molecule has 0 N–H and O–H groups in total. The number of hydrogen-bond donors (Lipinski definition) is 0. The Morgan fingerprint density at radius 2 is 1.81 bits per heavy atom. The van der Waals surface area contributed by atoms with E-state index in [1.807, 2.05) is 36.4 Å². The molecule has 7 nitrogen and oxygen atoms in total. The number of halogens is 1. The van der Waals surface area contributed by atoms with Crippen molar-refractivity contribution in [1.29, 1.82) is 0 Å². The van der Waals surface area contributed by atoms with Crippen LogP contribution in [0.2, 0.25) is 5.02 Å². The predicted molar refractivity (Wildman–Crippen MR) is 122 cm³/mol. The number of aromatic nitrogens is 2. The van der Waals surface area contributed by atoms with Gasteiger partial charge < -0.3 is 4.74 Å². The lowest BCUT2D eigenvalue weighted by Gasteiger charge is -2.28. The minimum atomic E-state index is -3.80. The van der Waals surface area contributed by atoms with Gasteiger partial charge in [-0.15, -0.1) is 0 Å². The summed E-state index contributed by atoms with van der Waals surface area (Å²) in [6.07, 6.45) is 0.598. The van der Waals surface area contributed by atoms with Crippen LogP contribution in [0.4, 0.5) is 0 Å². The predicted octanol–water partition coefficient (Wildman–Crippen LogP) is 4.78. The van der Waals surface area contributed by atoms with E-state index in [2.05, 4.69) is 10.3 Å². The topological polar surface area (TPSA) is 85.5 Å². The molecule has 3 aromatic carbocycles. The Kier molecular flexibility index (Phi) is 5.58. The second-order valence-electron chi connectivity index (χ2n) is 7.30. The summed E-state index contributed by atoms with van der Waals surface area (Å²) in [5.41, 5.74) is 2.66. The molecule has 1 aliphatic heterocycles. The number of benzene rings is 3. The largest absolute Gasteiger partial charge is 0.497 e. The third-order valence-corrected chi connectivity index (χ3v) is 8.56. The Balaban J connectivity index is 1.47. The van der Waals surface area contributed by atoms with E-state index in [9.17, 15) is 8.42 Å². The molecule has 0 saturated carbocycles. The van der Waals surface area contributed by atoms with Crippen molar-refractivity contribution in [2.24, 2.45) is 0 Å². The summed E-state index contributed by atoms with van der Waals surface area (Å²) >= 11 is 7.52. The van der Waals surface area contributed by atoms with Crippen LogP contribution in [0.5, 0.6) is 5.75 Å². The van der Waals surface area contributed by atoms with Gasteiger partial charge in [0, 0.05) is 27.9 Å². The lowest BCUT2D eigenvalue weighted by Crippen LogP contribution is -2.36. The van der Waals surface area contributed by atoms with Crippen LogP contribution in [-0.2, 0) is 23.0 Å². The standard InChI is InChI=1S/C22H18ClN3O4S2/c1-29-17-4-6-18(7-5-17)31-19-8-9-20(22-21(19)24-30-25-22)32(27,28)26-11-10-14-12-16(23)3-2-15(14)13-26/h2-9,12H,10-11,13H2,1H3. The van der Waals surface area contributed by atoms with Crippen LogP contribution >= 0.6 is 23.4 Å². The van der Waals surface area contributed by atoms with Gasteiger partial charge in [-0.1, -0.05) is 29.4 Å². The van der Waals surface area contributed by atoms with E-state index < -0.39 is 10.0 Å². The molecule has 10 heteroatoms. The molecule has 0 aliphatic carbocycles. The van der Waals surface area contributed by atoms with Crippen molar-refractivity contribution in [3.63, 3.8) is 0 Å². The molecule has 0 saturated heterocycles. The smallest absolute Gasteiger partial charge is 0.245 e. The monoisotopic (exact) mass is 487 g/mol. The maximum Gasteiger partial charge on any atom is 0.245 e. The van der Waals surface area contributed by atoms with Gasteiger partial charge in [0.15, 0.2) is 11.0 Å². The highest BCUT2D eigenvalue weighted by Gasteiger charge is 2.31. The summed E-state index contributed by atoms with van der Waals surface area (Å²) in [6, 6.07) is 16.4. The van der Waals surface area contributed by atoms with E-state index in [1.165, 1.54) is 16.1 Å². The first-order chi connectivity index (χ1) is 15.5. The summed E-state index contributed by atoms with van der Waals surface area (Å²) in [6.45, 7) is 0.648. The number of rotatable bonds is 5. The Labute approximate surface area is 194 Å². The van der Waals surface area contributed by atoms with Crippen molar-refractivity contribution in [1.82, 2.24) is 14.6 Å². The molecule has 5 rings (SSSR count). The quantitative estimate of drug-likeness (QED) is 0.400. The molecule has 0 amide bonds. The van der Waals surface area contributed by atoms with Gasteiger partial charge in [-0.3, -0.25) is 0 Å². The fourth-order valence-corrected chi connectivity index (χ4v) is 6.35. The first-order valence-corrected chi connectivity index (χ1v) is 12.4. The van der Waals surface area contributed by atoms with Gasteiger partial charge in [-0.2, -0.15) is 4.31 Å². The number of methoxy groups -OCH3 is 1. The Morgan fingerprint density at radius 1 is 1.03 bits per heavy atom. The van der Waals surface area contributed by atoms with Gasteiger partial charge in [0.05, 0.1) is 7.11 Å². The molecule has 2 heterocycles. The van der Waals surface area contributed by atoms with Gasteiger partial charge in [-0.25, -0.2) is 13.0 Å². The van der Waals surface area contributed by atoms with Gasteiger partial charge in [0.1, 0.15) is 10.6 Å². The van der Waals surface area contributed by atoms with Crippen molar-refractivity contribution in [3.8, 4) is 5.75 Å². The maximum absolute atomic E-state index is 13.5. The van der Waals surface area contributed by atoms with Crippen molar-refractivity contribution >= 4 is 44.4 Å². The van der Waals surface area contributed by atoms with Crippen LogP contribution < -0.4 is 4.74 Å². The van der Waals surface area contributed by atoms with Crippen LogP contribution in [0.1, 0.15) is 11.1 Å². The molecule has 1 aliphatic rings. The second kappa shape index (κ2) is 8.40. The molecule has 0 atom stereocenters. The lowest BCUT2D eigenvalue weighted by atomic mass is 10.0. The van der Waals surface area contributed by atoms with E-state index in [-0.39, 0.29) is 17.0 Å². The molecule has 164 valence electrons. The van der Waals surface area contributed by atoms with Gasteiger partial charge in [-0.05, 0) is 76.4 Å². The average Bonchev–Trinajstić information content (AvgIpc) is 3.29. The lowest BCUT2D eigenvalue weighted by molar-refractivity contribution is 0.314. The van der Waals surface area contributed by atoms with Gasteiger partial charge in [0.2, 0.25) is 10.0 Å². The van der Waals surface area contributed by atoms with Crippen LogP contribution in [0.25, 0.3) is 11.0 Å². The molecule has 0 fully saturated rings. The summed E-state index contributed by atoms with van der Waals surface area (Å²) in [5, 5.41) is 8.56. The number of fused-ring (bicyclic) bond motifs is 2. The zero-order valence-electron chi connectivity index (χ0n) is 17.0. The SMILES string of the molecule is COc1ccc(Sc2ccc(S(=O)(=O)N3CCc4cc(Cl)ccc4C3)c3nonc23)cc1. The van der Waals surface area contributed by atoms with Crippen molar-refractivity contribution in [2.45, 2.75) is 27.7 Å². The summed E-state index contributed by atoms with van der Waals surface area (Å²) in [4.78, 5) is 1.80. The molecule has 0 radical (unpaired) electrons. The second-order valence-corrected chi connectivity index (χ2v) is 10.8. The molecule has 0 spiro atoms. The molecular formula is C22H18ClN3O4S2. The normalized spacial score (nSPS) is 14.4. The molecule has 32 heavy (non-hydrogen) atoms. The van der Waals surface area contributed by atoms with Gasteiger partial charge >= 0.3 is 0 Å². The fourth-order valence-electron chi connectivity index (χ4n) is 3.72. The number of nitrogens with zero attached hydrogens (tertiary/aromatic N) is 3. The minimum absolute atomic E-state index is 0.0882. The van der Waals surface area contributed by atoms with E-state index >= 15 is 0 Å². The highest BCUT2D eigenvalue weighted by molar-refractivity contribution is 7.99. The van der Waals surface area contributed by atoms with Crippen LogP contribution in [0, 0.1) is 0 Å². The fraction of sp³-hybridized carbons (Fsp3) is 0.182. The number of ether oxygens (including phenoxy) is 1. The zero-order valence-corrected chi connectivity index (χ0v) is 19.4. The first kappa shape index (κ1) is 21.3. The highest BCUT2D eigenvalue weighted by Crippen LogP contribution is 2.37. The van der Waals surface area contributed by atoms with E-state index in [4.69, 9.17) is 21.0 Å². The molecular weight excluding hydrogens is 470 g/mol. The van der Waals surface area contributed by atoms with Crippen LogP contribution in [0.15, 0.2) is 73.9 Å². The summed E-state index contributed by atoms with van der Waals surface area (Å²) in [7, 11) is -2.18. The zero-order chi connectivity index (χ0) is 22.3. The maximum atomic E-state index is 13.5. The molecule has 0 unspecified atom stereocenters. The minimum Gasteiger partial charge on any atom is -0.497 e. The van der Waals surface area contributed by atoms with Crippen molar-refractivity contribution in [2.75, 3.05) is 13.7 Å². The third-order valence-electron chi connectivity index (χ3n) is 5.39. The van der Waals surface area contributed by atoms with E-state index in [1.54, 1.807) is 25.3 Å². The van der Waals surface area contributed by atoms with E-state index in [0.717, 1.165) is 26.7 Å². The Hall–Kier alpha value is -2.59. The molecule has 1 aromatic heterocycles. The van der Waals surface area contributed by atoms with Crippen LogP contribution in [-0.4, -0.2) is 36.7 Å². The highest BCUT2D eigenvalue weighted by atomic mass is 35.5. The number of sulfonamides is 1. The molecule has 4 aromatic rings. The van der Waals surface area contributed by atoms with Crippen LogP contribution in [0.3, 0.4) is 0 Å². The van der Waals surface area contributed by atoms with Gasteiger partial charge in [0.25, 0.3) is 0 Å². The summed E-state index contributed by atoms with van der Waals surface area (Å²) < 4.78 is 38.6. The Bertz CT molecular complexity index is 1400. The third kappa shape index (κ3) is 3.86. The van der Waals surface area contributed by atoms with Crippen molar-refractivity contribution in [3.05, 3.63) is 70.7 Å². The van der Waals surface area contributed by atoms with Crippen molar-refractivity contribution < 1.29 is 17.8 Å². The summed E-state index contributed by atoms with van der Waals surface area (Å²) in [5.74, 6) is 0.759. The average molecular weight is 488 g/mol. The number of hydrogen-bond acceptors (Lipinski definition) is 7. The molecule has 0 bridgehead atoms. The first-order valence-electron chi connectivity index (χ1n) is 9.80. The van der Waals surface area contributed by atoms with E-state index in [0.29, 0.717) is 23.5 Å². The Morgan fingerprint density at radius 3 is 2.59 bits per heavy atom.